The van der Waals surface area contributed by atoms with Crippen molar-refractivity contribution in [2.24, 2.45) is 16.7 Å². The van der Waals surface area contributed by atoms with Crippen molar-refractivity contribution >= 4 is 12.0 Å². The zero-order valence-electron chi connectivity index (χ0n) is 59.5. The second-order valence-electron chi connectivity index (χ2n) is 29.8. The maximum Gasteiger partial charge on any atom is 0.331 e. The summed E-state index contributed by atoms with van der Waals surface area (Å²) < 4.78 is 113. The number of methoxy groups -OCH3 is 5. The molecule has 36 atom stereocenters. The molecule has 568 valence electrons. The molecular weight excluding hydrogens is 1320 g/mol. The van der Waals surface area contributed by atoms with Gasteiger partial charge in [-0.3, -0.25) is 0 Å². The number of carbonyl (C=O) groups excluding carboxylic acids is 1. The number of aliphatic hydroxyl groups excluding tert-OH is 6. The van der Waals surface area contributed by atoms with Gasteiger partial charge in [0.05, 0.1) is 84.8 Å². The summed E-state index contributed by atoms with van der Waals surface area (Å²) in [6, 6.07) is 9.19. The molecule has 0 bridgehead atoms. The molecule has 0 radical (unpaired) electrons. The van der Waals surface area contributed by atoms with E-state index >= 15 is 0 Å². The third-order valence-corrected chi connectivity index (χ3v) is 24.4. The predicted octanol–water partition coefficient (Wildman–Crippen LogP) is 1.33. The first-order valence-electron chi connectivity index (χ1n) is 35.4. The van der Waals surface area contributed by atoms with Gasteiger partial charge in [-0.2, -0.15) is 0 Å². The van der Waals surface area contributed by atoms with E-state index in [0.29, 0.717) is 12.8 Å². The zero-order valence-corrected chi connectivity index (χ0v) is 59.5. The maximum absolute atomic E-state index is 13.7. The average Bonchev–Trinajstić information content (AvgIpc) is 1.29. The Balaban J connectivity index is 0.664. The van der Waals surface area contributed by atoms with E-state index in [1.54, 1.807) is 54.3 Å². The van der Waals surface area contributed by atoms with Crippen LogP contribution in [0.2, 0.25) is 0 Å². The second-order valence-corrected chi connectivity index (χ2v) is 29.8. The maximum atomic E-state index is 13.7. The Hall–Kier alpha value is -2.91. The molecule has 1 aromatic carbocycles. The Bertz CT molecular complexity index is 2910. The van der Waals surface area contributed by atoms with Gasteiger partial charge in [0.15, 0.2) is 37.7 Å². The SMILES string of the molecule is CO[C@H]1[C@@H](O)[C@H](O[C@@H]2[C@@H](C)O[C@@H](O[C@@H]3[C@@H](C)O[C@@H](O[C@H]4[C@@H](OC)C[C@H](O[C@H]5[C@@H](OC)C[C@H](O[C@H]6CC[C@]7(C)[C@H]8C[C@@H](OC(=O)/C=C\c9ccccc9)[C@@]9(C)[C@](O)(CC[C@@]9(O)C(C)O)[C@]8(O)C=C[C@@]7(O)C6)O[C@@H]5C)O[C@@H]4C)C[C@H]3OC)C[C@H]2OC)O[C@H](C)[C@H]1O[C@@H]1O[C@H](CO)[C@@H](O)[C@H](O)[C@H]1O. The van der Waals surface area contributed by atoms with Crippen LogP contribution in [-0.2, 0) is 90.1 Å². The molecule has 4 aliphatic carbocycles. The van der Waals surface area contributed by atoms with Crippen LogP contribution in [0.15, 0.2) is 48.6 Å². The molecule has 10 aliphatic rings. The van der Waals surface area contributed by atoms with Gasteiger partial charge in [0.1, 0.15) is 90.1 Å². The Kier molecular flexibility index (Phi) is 24.3. The van der Waals surface area contributed by atoms with Crippen LogP contribution in [0.3, 0.4) is 0 Å². The van der Waals surface area contributed by atoms with Gasteiger partial charge in [0.2, 0.25) is 0 Å². The number of benzene rings is 1. The highest BCUT2D eigenvalue weighted by molar-refractivity contribution is 5.87. The van der Waals surface area contributed by atoms with Gasteiger partial charge < -0.3 is 136 Å². The molecule has 6 aliphatic heterocycles. The fourth-order valence-corrected chi connectivity index (χ4v) is 18.4. The molecule has 9 fully saturated rings. The number of hydrogen-bond acceptors (Lipinski definition) is 29. The highest BCUT2D eigenvalue weighted by atomic mass is 16.8. The molecule has 11 rings (SSSR count). The van der Waals surface area contributed by atoms with Crippen molar-refractivity contribution in [3.63, 3.8) is 0 Å². The zero-order chi connectivity index (χ0) is 72.3. The summed E-state index contributed by atoms with van der Waals surface area (Å²) in [4.78, 5) is 13.7. The van der Waals surface area contributed by atoms with Gasteiger partial charge in [0.25, 0.3) is 0 Å². The van der Waals surface area contributed by atoms with Crippen LogP contribution >= 0.6 is 0 Å². The summed E-state index contributed by atoms with van der Waals surface area (Å²) in [6.45, 7) is 13.3. The number of esters is 1. The lowest BCUT2D eigenvalue weighted by Crippen LogP contribution is -2.80. The average molecular weight is 1430 g/mol. The van der Waals surface area contributed by atoms with Crippen LogP contribution in [-0.4, -0.2) is 300 Å². The van der Waals surface area contributed by atoms with E-state index in [9.17, 15) is 55.9 Å². The summed E-state index contributed by atoms with van der Waals surface area (Å²) in [6.07, 6.45) is -19.2. The van der Waals surface area contributed by atoms with E-state index in [1.807, 2.05) is 58.0 Å². The molecule has 0 aromatic heterocycles. The minimum absolute atomic E-state index is 0.0440. The van der Waals surface area contributed by atoms with Gasteiger partial charge in [-0.15, -0.1) is 0 Å². The van der Waals surface area contributed by atoms with Crippen molar-refractivity contribution in [2.75, 3.05) is 42.2 Å². The minimum Gasteiger partial charge on any atom is -0.458 e. The molecule has 29 heteroatoms. The monoisotopic (exact) mass is 1430 g/mol. The predicted molar refractivity (Wildman–Crippen MR) is 347 cm³/mol. The molecule has 1 unspecified atom stereocenters. The highest BCUT2D eigenvalue weighted by Crippen LogP contribution is 2.71. The first-order chi connectivity index (χ1) is 47.4. The number of carbonyl (C=O) groups is 1. The van der Waals surface area contributed by atoms with Gasteiger partial charge >= 0.3 is 5.97 Å². The lowest BCUT2D eigenvalue weighted by atomic mass is 9.41. The first kappa shape index (κ1) is 78.2. The summed E-state index contributed by atoms with van der Waals surface area (Å²) in [5.41, 5.74) is -9.76. The lowest BCUT2D eigenvalue weighted by molar-refractivity contribution is -0.374. The second kappa shape index (κ2) is 31.1. The summed E-state index contributed by atoms with van der Waals surface area (Å²) >= 11 is 0. The minimum atomic E-state index is -2.11. The van der Waals surface area contributed by atoms with Crippen LogP contribution < -0.4 is 0 Å². The normalized spacial score (nSPS) is 50.9. The van der Waals surface area contributed by atoms with Crippen LogP contribution in [0.5, 0.6) is 0 Å². The van der Waals surface area contributed by atoms with Gasteiger partial charge in [-0.05, 0) is 85.3 Å². The van der Waals surface area contributed by atoms with Crippen molar-refractivity contribution in [3.05, 3.63) is 54.1 Å². The van der Waals surface area contributed by atoms with E-state index in [0.717, 1.165) is 5.56 Å². The van der Waals surface area contributed by atoms with Crippen molar-refractivity contribution < 1.29 is 141 Å². The smallest absolute Gasteiger partial charge is 0.331 e. The topological polar surface area (TPSA) is 386 Å². The van der Waals surface area contributed by atoms with Crippen molar-refractivity contribution in [1.29, 1.82) is 0 Å². The number of aliphatic hydroxyl groups is 10. The van der Waals surface area contributed by atoms with Crippen LogP contribution in [0.25, 0.3) is 6.08 Å². The molecule has 0 amide bonds. The van der Waals surface area contributed by atoms with E-state index in [4.69, 9.17) is 85.3 Å². The van der Waals surface area contributed by atoms with E-state index in [-0.39, 0.29) is 51.4 Å². The molecular formula is C71H110O29. The van der Waals surface area contributed by atoms with Crippen LogP contribution in [0.1, 0.15) is 125 Å². The largest absolute Gasteiger partial charge is 0.458 e. The molecule has 3 saturated carbocycles. The van der Waals surface area contributed by atoms with Gasteiger partial charge in [-0.1, -0.05) is 56.3 Å². The highest BCUT2D eigenvalue weighted by Gasteiger charge is 2.82. The standard InChI is InChI=1S/C71H110O29/c1-34-58(42(83-9)27-50(88-34)93-41-21-22-66(7)47-31-48(95-49(74)20-19-40-17-15-14-16-18-40)67(8)69(80,39(6)73)25-26-71(67,82)70(47,81)24-23-68(66,79)32-41)96-51-28-43(84-10)59(35(2)89-51)97-52-29-44(85-11)60(36(3)90-52)98-53-30-45(86-12)61(37(4)91-53)99-65-57(78)63(87-13)62(38(5)92-65)100-64-56(77)55(76)54(75)46(33-72)94-64/h14-20,23-24,34-39,41-48,50-65,72-73,75-82H,21-22,25-33H2,1-13H3/b20-19-/t34-,35-,36-,37-,38-,39?,41+,42+,43+,44-,45-,46-,47-,48-,50+,51+,52+,53+,54-,55+,56-,57-,58-,59-,60-,61-,62-,63+,64+,65+,66-,67-,68-,69-,70+,71-/m1/s1. The van der Waals surface area contributed by atoms with E-state index in [1.165, 1.54) is 33.3 Å². The number of fused-ring (bicyclic) bond motifs is 5. The molecule has 6 heterocycles. The van der Waals surface area contributed by atoms with Crippen molar-refractivity contribution in [2.45, 2.75) is 320 Å². The third kappa shape index (κ3) is 14.2. The Morgan fingerprint density at radius 3 is 1.53 bits per heavy atom. The fraction of sp³-hybridized carbons (Fsp3) is 0.845. The van der Waals surface area contributed by atoms with Crippen LogP contribution in [0.4, 0.5) is 0 Å². The summed E-state index contributed by atoms with van der Waals surface area (Å²) in [5, 5.41) is 115. The number of rotatable bonds is 22. The quantitative estimate of drug-likeness (QED) is 0.0445. The molecule has 10 N–H and O–H groups in total. The molecule has 6 saturated heterocycles. The Morgan fingerprint density at radius 2 is 1.04 bits per heavy atom. The molecule has 100 heavy (non-hydrogen) atoms. The van der Waals surface area contributed by atoms with E-state index in [2.05, 4.69) is 0 Å². The first-order valence-corrected chi connectivity index (χ1v) is 35.4. The lowest BCUT2D eigenvalue weighted by Gasteiger charge is -2.68. The summed E-state index contributed by atoms with van der Waals surface area (Å²) in [5.74, 6) is -1.61. The van der Waals surface area contributed by atoms with Crippen LogP contribution in [0, 0.1) is 16.7 Å². The fourth-order valence-electron chi connectivity index (χ4n) is 18.4. The molecule has 0 spiro atoms. The number of ether oxygens (including phenoxy) is 18. The number of hydrogen-bond donors (Lipinski definition) is 10. The van der Waals surface area contributed by atoms with Crippen molar-refractivity contribution in [1.82, 2.24) is 0 Å². The molecule has 1 aromatic rings. The van der Waals surface area contributed by atoms with E-state index < -0.39 is 230 Å². The third-order valence-electron chi connectivity index (χ3n) is 24.4. The Morgan fingerprint density at radius 1 is 0.560 bits per heavy atom. The molecule has 29 nitrogen and oxygen atoms in total. The van der Waals surface area contributed by atoms with Gasteiger partial charge in [-0.25, -0.2) is 4.79 Å². The van der Waals surface area contributed by atoms with Gasteiger partial charge in [0, 0.05) is 85.1 Å². The Labute approximate surface area is 584 Å². The summed E-state index contributed by atoms with van der Waals surface area (Å²) in [7, 11) is 7.66. The van der Waals surface area contributed by atoms with Crippen molar-refractivity contribution in [3.8, 4) is 0 Å².